The number of aromatic nitrogens is 3. The summed E-state index contributed by atoms with van der Waals surface area (Å²) in [7, 11) is 1.97. The maximum atomic E-state index is 12.3. The van der Waals surface area contributed by atoms with Crippen molar-refractivity contribution in [1.29, 1.82) is 0 Å². The molecule has 3 aromatic rings. The molecule has 0 spiro atoms. The highest BCUT2D eigenvalue weighted by molar-refractivity contribution is 5.92. The summed E-state index contributed by atoms with van der Waals surface area (Å²) in [6.45, 7) is 2.79. The molecule has 0 unspecified atom stereocenters. The standard InChI is InChI=1S/C16H17N5O2/c1-19-5-4-12-14(19)17-11-18-15(12)20-6-8-21(9-7-20)16(22)13-3-2-10-23-13/h2-5,10-11H,6-9H2,1H3. The summed E-state index contributed by atoms with van der Waals surface area (Å²) in [5, 5.41) is 1.04. The van der Waals surface area contributed by atoms with Gasteiger partial charge in [-0.25, -0.2) is 9.97 Å². The van der Waals surface area contributed by atoms with E-state index in [1.807, 2.05) is 28.8 Å². The van der Waals surface area contributed by atoms with Crippen LogP contribution < -0.4 is 4.90 Å². The first-order valence-electron chi connectivity index (χ1n) is 7.58. The molecule has 1 fully saturated rings. The van der Waals surface area contributed by atoms with Gasteiger partial charge >= 0.3 is 0 Å². The van der Waals surface area contributed by atoms with Crippen LogP contribution in [-0.2, 0) is 7.05 Å². The van der Waals surface area contributed by atoms with E-state index in [2.05, 4.69) is 14.9 Å². The van der Waals surface area contributed by atoms with Gasteiger partial charge in [0.2, 0.25) is 0 Å². The van der Waals surface area contributed by atoms with Gasteiger partial charge in [0, 0.05) is 39.4 Å². The van der Waals surface area contributed by atoms with Crippen LogP contribution in [0.4, 0.5) is 5.82 Å². The van der Waals surface area contributed by atoms with E-state index in [1.54, 1.807) is 18.5 Å². The number of furan rings is 1. The van der Waals surface area contributed by atoms with Crippen molar-refractivity contribution in [3.63, 3.8) is 0 Å². The minimum absolute atomic E-state index is 0.0535. The van der Waals surface area contributed by atoms with Gasteiger partial charge < -0.3 is 18.8 Å². The molecule has 1 aliphatic heterocycles. The van der Waals surface area contributed by atoms with Gasteiger partial charge in [0.15, 0.2) is 5.76 Å². The summed E-state index contributed by atoms with van der Waals surface area (Å²) in [6, 6.07) is 5.47. The van der Waals surface area contributed by atoms with Gasteiger partial charge in [-0.15, -0.1) is 0 Å². The summed E-state index contributed by atoms with van der Waals surface area (Å²) in [5.41, 5.74) is 0.920. The number of carbonyl (C=O) groups is 1. The fourth-order valence-electron chi connectivity index (χ4n) is 2.99. The Kier molecular flexibility index (Phi) is 3.25. The Bertz CT molecular complexity index is 831. The predicted octanol–water partition coefficient (Wildman–Crippen LogP) is 1.52. The van der Waals surface area contributed by atoms with Crippen molar-refractivity contribution >= 4 is 22.8 Å². The molecule has 7 heteroatoms. The zero-order valence-electron chi connectivity index (χ0n) is 12.8. The van der Waals surface area contributed by atoms with Gasteiger partial charge in [0.25, 0.3) is 5.91 Å². The third-order valence-corrected chi connectivity index (χ3v) is 4.24. The SMILES string of the molecule is Cn1ccc2c(N3CCN(C(=O)c4ccco4)CC3)ncnc21. The van der Waals surface area contributed by atoms with Gasteiger partial charge in [0.05, 0.1) is 11.6 Å². The Morgan fingerprint density at radius 3 is 2.74 bits per heavy atom. The van der Waals surface area contributed by atoms with E-state index in [9.17, 15) is 4.79 Å². The fraction of sp³-hybridized carbons (Fsp3) is 0.312. The molecule has 1 amide bonds. The van der Waals surface area contributed by atoms with Crippen molar-refractivity contribution in [3.05, 3.63) is 42.7 Å². The normalized spacial score (nSPS) is 15.3. The van der Waals surface area contributed by atoms with Gasteiger partial charge in [-0.3, -0.25) is 4.79 Å². The lowest BCUT2D eigenvalue weighted by Gasteiger charge is -2.35. The van der Waals surface area contributed by atoms with Crippen LogP contribution in [0.15, 0.2) is 41.4 Å². The van der Waals surface area contributed by atoms with Gasteiger partial charge in [-0.2, -0.15) is 0 Å². The zero-order valence-corrected chi connectivity index (χ0v) is 12.8. The number of carbonyl (C=O) groups excluding carboxylic acids is 1. The van der Waals surface area contributed by atoms with E-state index in [4.69, 9.17) is 4.42 Å². The van der Waals surface area contributed by atoms with Crippen molar-refractivity contribution < 1.29 is 9.21 Å². The predicted molar refractivity (Wildman–Crippen MR) is 85.3 cm³/mol. The molecule has 4 rings (SSSR count). The largest absolute Gasteiger partial charge is 0.459 e. The van der Waals surface area contributed by atoms with Gasteiger partial charge in [-0.05, 0) is 18.2 Å². The van der Waals surface area contributed by atoms with E-state index < -0.39 is 0 Å². The minimum Gasteiger partial charge on any atom is -0.459 e. The maximum Gasteiger partial charge on any atom is 0.289 e. The summed E-state index contributed by atoms with van der Waals surface area (Å²) in [6.07, 6.45) is 5.11. The second kappa shape index (κ2) is 5.42. The number of aryl methyl sites for hydroxylation is 1. The van der Waals surface area contributed by atoms with E-state index in [1.165, 1.54) is 6.26 Å². The Balaban J connectivity index is 1.52. The molecule has 0 N–H and O–H groups in total. The lowest BCUT2D eigenvalue weighted by Crippen LogP contribution is -2.49. The highest BCUT2D eigenvalue weighted by Gasteiger charge is 2.25. The fourth-order valence-corrected chi connectivity index (χ4v) is 2.99. The van der Waals surface area contributed by atoms with Crippen molar-refractivity contribution in [2.24, 2.45) is 7.05 Å². The van der Waals surface area contributed by atoms with Crippen LogP contribution in [0.2, 0.25) is 0 Å². The Hall–Kier alpha value is -2.83. The lowest BCUT2D eigenvalue weighted by atomic mass is 10.2. The average Bonchev–Trinajstić information content (AvgIpc) is 3.25. The van der Waals surface area contributed by atoms with Crippen LogP contribution in [0, 0.1) is 0 Å². The molecule has 0 aromatic carbocycles. The van der Waals surface area contributed by atoms with Crippen molar-refractivity contribution in [1.82, 2.24) is 19.4 Å². The van der Waals surface area contributed by atoms with Crippen LogP contribution in [0.1, 0.15) is 10.6 Å². The minimum atomic E-state index is -0.0535. The van der Waals surface area contributed by atoms with Gasteiger partial charge in [0.1, 0.15) is 17.8 Å². The first-order chi connectivity index (χ1) is 11.2. The van der Waals surface area contributed by atoms with Crippen LogP contribution >= 0.6 is 0 Å². The lowest BCUT2D eigenvalue weighted by molar-refractivity contribution is 0.0714. The smallest absolute Gasteiger partial charge is 0.289 e. The number of nitrogens with zero attached hydrogens (tertiary/aromatic N) is 5. The number of hydrogen-bond acceptors (Lipinski definition) is 5. The average molecular weight is 311 g/mol. The molecule has 0 bridgehead atoms. The molecule has 0 radical (unpaired) electrons. The van der Waals surface area contributed by atoms with Crippen molar-refractivity contribution in [2.45, 2.75) is 0 Å². The van der Waals surface area contributed by atoms with Crippen molar-refractivity contribution in [2.75, 3.05) is 31.1 Å². The molecule has 1 aliphatic rings. The van der Waals surface area contributed by atoms with E-state index in [-0.39, 0.29) is 5.91 Å². The second-order valence-electron chi connectivity index (χ2n) is 5.62. The zero-order chi connectivity index (χ0) is 15.8. The highest BCUT2D eigenvalue weighted by atomic mass is 16.3. The van der Waals surface area contributed by atoms with E-state index >= 15 is 0 Å². The molecule has 0 saturated carbocycles. The summed E-state index contributed by atoms with van der Waals surface area (Å²) < 4.78 is 7.18. The maximum absolute atomic E-state index is 12.3. The summed E-state index contributed by atoms with van der Waals surface area (Å²) in [4.78, 5) is 25.1. The van der Waals surface area contributed by atoms with E-state index in [0.717, 1.165) is 29.9 Å². The second-order valence-corrected chi connectivity index (χ2v) is 5.62. The molecule has 0 aliphatic carbocycles. The molecule has 23 heavy (non-hydrogen) atoms. The van der Waals surface area contributed by atoms with E-state index in [0.29, 0.717) is 18.8 Å². The quantitative estimate of drug-likeness (QED) is 0.718. The number of fused-ring (bicyclic) bond motifs is 1. The number of amides is 1. The Morgan fingerprint density at radius 2 is 2.00 bits per heavy atom. The molecule has 1 saturated heterocycles. The monoisotopic (exact) mass is 311 g/mol. The number of piperazine rings is 1. The van der Waals surface area contributed by atoms with Crippen molar-refractivity contribution in [3.8, 4) is 0 Å². The molecular formula is C16H17N5O2. The van der Waals surface area contributed by atoms with Crippen LogP contribution in [0.3, 0.4) is 0 Å². The van der Waals surface area contributed by atoms with Crippen LogP contribution in [-0.4, -0.2) is 51.5 Å². The molecule has 3 aromatic heterocycles. The highest BCUT2D eigenvalue weighted by Crippen LogP contribution is 2.24. The molecule has 7 nitrogen and oxygen atoms in total. The third-order valence-electron chi connectivity index (χ3n) is 4.24. The summed E-state index contributed by atoms with van der Waals surface area (Å²) in [5.74, 6) is 1.27. The first-order valence-corrected chi connectivity index (χ1v) is 7.58. The topological polar surface area (TPSA) is 67.4 Å². The Morgan fingerprint density at radius 1 is 1.17 bits per heavy atom. The first kappa shape index (κ1) is 13.8. The number of anilines is 1. The van der Waals surface area contributed by atoms with Crippen LogP contribution in [0.5, 0.6) is 0 Å². The van der Waals surface area contributed by atoms with Crippen LogP contribution in [0.25, 0.3) is 11.0 Å². The molecule has 4 heterocycles. The summed E-state index contributed by atoms with van der Waals surface area (Å²) >= 11 is 0. The number of hydrogen-bond donors (Lipinski definition) is 0. The molecular weight excluding hydrogens is 294 g/mol. The number of rotatable bonds is 2. The molecule has 118 valence electrons. The third kappa shape index (κ3) is 2.34. The van der Waals surface area contributed by atoms with Gasteiger partial charge in [-0.1, -0.05) is 0 Å². The Labute approximate surface area is 133 Å². The molecule has 0 atom stereocenters.